The minimum absolute atomic E-state index is 0.617. The Bertz CT molecular complexity index is 514. The lowest BCUT2D eigenvalue weighted by Gasteiger charge is -2.09. The number of hydrogen-bond donors (Lipinski definition) is 1. The minimum Gasteiger partial charge on any atom is -0.478 e. The lowest BCUT2D eigenvalue weighted by atomic mass is 10.2. The molecular formula is C15H19N3O. The summed E-state index contributed by atoms with van der Waals surface area (Å²) in [4.78, 5) is 8.90. The number of nitrogens with zero attached hydrogens (tertiary/aromatic N) is 2. The van der Waals surface area contributed by atoms with Gasteiger partial charge in [-0.3, -0.25) is 0 Å². The Balaban J connectivity index is 2.26. The number of nitrogens with one attached hydrogen (secondary N) is 1. The van der Waals surface area contributed by atoms with E-state index >= 15 is 0 Å². The van der Waals surface area contributed by atoms with Gasteiger partial charge in [-0.1, -0.05) is 43.7 Å². The summed E-state index contributed by atoms with van der Waals surface area (Å²) in [5.74, 6) is 2.06. The van der Waals surface area contributed by atoms with Gasteiger partial charge in [0.05, 0.1) is 6.61 Å². The molecule has 100 valence electrons. The fraction of sp³-hybridized carbons (Fsp3) is 0.333. The Kier molecular flexibility index (Phi) is 4.72. The maximum atomic E-state index is 5.66. The molecule has 1 aromatic carbocycles. The summed E-state index contributed by atoms with van der Waals surface area (Å²) in [5, 5.41) is 3.04. The lowest BCUT2D eigenvalue weighted by molar-refractivity contribution is 0.298. The van der Waals surface area contributed by atoms with Gasteiger partial charge in [-0.2, -0.15) is 4.98 Å². The molecule has 0 spiro atoms. The second-order valence-electron chi connectivity index (χ2n) is 4.23. The van der Waals surface area contributed by atoms with Gasteiger partial charge in [0.25, 0.3) is 0 Å². The quantitative estimate of drug-likeness (QED) is 0.806. The van der Waals surface area contributed by atoms with Crippen LogP contribution in [0, 0.1) is 0 Å². The van der Waals surface area contributed by atoms with Gasteiger partial charge < -0.3 is 10.1 Å². The van der Waals surface area contributed by atoms with E-state index in [1.165, 1.54) is 0 Å². The molecule has 0 amide bonds. The summed E-state index contributed by atoms with van der Waals surface area (Å²) in [5.41, 5.74) is 0.986. The van der Waals surface area contributed by atoms with Crippen molar-refractivity contribution in [2.75, 3.05) is 19.0 Å². The molecule has 2 aromatic rings. The zero-order chi connectivity index (χ0) is 13.5. The summed E-state index contributed by atoms with van der Waals surface area (Å²) in [6.07, 6.45) is 2.13. The molecule has 0 bridgehead atoms. The fourth-order valence-electron chi connectivity index (χ4n) is 1.66. The van der Waals surface area contributed by atoms with E-state index < -0.39 is 0 Å². The third-order valence-electron chi connectivity index (χ3n) is 2.74. The number of aromatic nitrogens is 2. The molecule has 0 aliphatic rings. The summed E-state index contributed by atoms with van der Waals surface area (Å²) in [6.45, 7) is 2.82. The normalized spacial score (nSPS) is 10.2. The molecule has 0 atom stereocenters. The number of unbranched alkanes of at least 4 members (excludes halogenated alkanes) is 1. The van der Waals surface area contributed by atoms with Gasteiger partial charge in [-0.25, -0.2) is 4.98 Å². The summed E-state index contributed by atoms with van der Waals surface area (Å²) in [7, 11) is 1.84. The van der Waals surface area contributed by atoms with Crippen molar-refractivity contribution in [1.82, 2.24) is 9.97 Å². The van der Waals surface area contributed by atoms with E-state index in [2.05, 4.69) is 22.2 Å². The number of hydrogen-bond acceptors (Lipinski definition) is 4. The van der Waals surface area contributed by atoms with Crippen LogP contribution in [-0.2, 0) is 0 Å². The van der Waals surface area contributed by atoms with E-state index in [0.29, 0.717) is 18.3 Å². The van der Waals surface area contributed by atoms with Crippen LogP contribution in [0.15, 0.2) is 36.4 Å². The number of benzene rings is 1. The third kappa shape index (κ3) is 3.68. The van der Waals surface area contributed by atoms with E-state index in [-0.39, 0.29) is 0 Å². The molecule has 0 saturated heterocycles. The van der Waals surface area contributed by atoms with Gasteiger partial charge in [0.15, 0.2) is 5.82 Å². The standard InChI is InChI=1S/C15H19N3O/c1-3-4-10-19-14-11-13(16-2)17-15(18-14)12-8-6-5-7-9-12/h5-9,11H,3-4,10H2,1-2H3,(H,16,17,18). The van der Waals surface area contributed by atoms with E-state index in [9.17, 15) is 0 Å². The zero-order valence-corrected chi connectivity index (χ0v) is 11.4. The van der Waals surface area contributed by atoms with Crippen LogP contribution in [0.2, 0.25) is 0 Å². The van der Waals surface area contributed by atoms with Crippen molar-refractivity contribution in [2.24, 2.45) is 0 Å². The Morgan fingerprint density at radius 2 is 1.95 bits per heavy atom. The fourth-order valence-corrected chi connectivity index (χ4v) is 1.66. The second-order valence-corrected chi connectivity index (χ2v) is 4.23. The molecule has 2 rings (SSSR count). The highest BCUT2D eigenvalue weighted by Gasteiger charge is 2.06. The molecule has 0 radical (unpaired) electrons. The van der Waals surface area contributed by atoms with Gasteiger partial charge >= 0.3 is 0 Å². The number of ether oxygens (including phenoxy) is 1. The van der Waals surface area contributed by atoms with Crippen molar-refractivity contribution in [1.29, 1.82) is 0 Å². The van der Waals surface area contributed by atoms with Crippen molar-refractivity contribution in [3.8, 4) is 17.3 Å². The van der Waals surface area contributed by atoms with Gasteiger partial charge in [0.2, 0.25) is 5.88 Å². The van der Waals surface area contributed by atoms with Crippen molar-refractivity contribution in [3.05, 3.63) is 36.4 Å². The first-order chi connectivity index (χ1) is 9.33. The zero-order valence-electron chi connectivity index (χ0n) is 11.4. The molecular weight excluding hydrogens is 238 g/mol. The largest absolute Gasteiger partial charge is 0.478 e. The van der Waals surface area contributed by atoms with Crippen molar-refractivity contribution in [2.45, 2.75) is 19.8 Å². The monoisotopic (exact) mass is 257 g/mol. The Morgan fingerprint density at radius 1 is 1.16 bits per heavy atom. The first-order valence-corrected chi connectivity index (χ1v) is 6.58. The first kappa shape index (κ1) is 13.3. The number of rotatable bonds is 6. The molecule has 4 nitrogen and oxygen atoms in total. The van der Waals surface area contributed by atoms with Gasteiger partial charge in [-0.15, -0.1) is 0 Å². The molecule has 0 fully saturated rings. The third-order valence-corrected chi connectivity index (χ3v) is 2.74. The number of anilines is 1. The highest BCUT2D eigenvalue weighted by Crippen LogP contribution is 2.21. The van der Waals surface area contributed by atoms with Crippen molar-refractivity contribution in [3.63, 3.8) is 0 Å². The van der Waals surface area contributed by atoms with Crippen LogP contribution in [-0.4, -0.2) is 23.6 Å². The van der Waals surface area contributed by atoms with Crippen LogP contribution in [0.4, 0.5) is 5.82 Å². The maximum absolute atomic E-state index is 5.66. The Hall–Kier alpha value is -2.10. The maximum Gasteiger partial charge on any atom is 0.219 e. The molecule has 1 aromatic heterocycles. The van der Waals surface area contributed by atoms with E-state index in [1.807, 2.05) is 43.4 Å². The first-order valence-electron chi connectivity index (χ1n) is 6.58. The smallest absolute Gasteiger partial charge is 0.219 e. The van der Waals surface area contributed by atoms with Gasteiger partial charge in [0, 0.05) is 18.7 Å². The minimum atomic E-state index is 0.617. The highest BCUT2D eigenvalue weighted by atomic mass is 16.5. The van der Waals surface area contributed by atoms with E-state index in [0.717, 1.165) is 24.2 Å². The topological polar surface area (TPSA) is 47.0 Å². The summed E-state index contributed by atoms with van der Waals surface area (Å²) < 4.78 is 5.66. The summed E-state index contributed by atoms with van der Waals surface area (Å²) in [6, 6.07) is 11.7. The van der Waals surface area contributed by atoms with Gasteiger partial charge in [-0.05, 0) is 6.42 Å². The van der Waals surface area contributed by atoms with E-state index in [1.54, 1.807) is 0 Å². The molecule has 0 saturated carbocycles. The molecule has 0 aliphatic heterocycles. The van der Waals surface area contributed by atoms with Crippen LogP contribution in [0.25, 0.3) is 11.4 Å². The summed E-state index contributed by atoms with van der Waals surface area (Å²) >= 11 is 0. The van der Waals surface area contributed by atoms with Crippen molar-refractivity contribution >= 4 is 5.82 Å². The molecule has 0 aliphatic carbocycles. The average molecular weight is 257 g/mol. The SMILES string of the molecule is CCCCOc1cc(NC)nc(-c2ccccc2)n1. The average Bonchev–Trinajstić information content (AvgIpc) is 2.48. The Labute approximate surface area is 113 Å². The van der Waals surface area contributed by atoms with E-state index in [4.69, 9.17) is 4.74 Å². The molecule has 1 heterocycles. The molecule has 19 heavy (non-hydrogen) atoms. The van der Waals surface area contributed by atoms with Crippen LogP contribution < -0.4 is 10.1 Å². The lowest BCUT2D eigenvalue weighted by Crippen LogP contribution is -2.03. The van der Waals surface area contributed by atoms with Gasteiger partial charge in [0.1, 0.15) is 5.82 Å². The molecule has 4 heteroatoms. The molecule has 1 N–H and O–H groups in total. The predicted molar refractivity (Wildman–Crippen MR) is 77.4 cm³/mol. The van der Waals surface area contributed by atoms with Crippen LogP contribution in [0.5, 0.6) is 5.88 Å². The second kappa shape index (κ2) is 6.73. The predicted octanol–water partition coefficient (Wildman–Crippen LogP) is 3.36. The van der Waals surface area contributed by atoms with Crippen LogP contribution >= 0.6 is 0 Å². The highest BCUT2D eigenvalue weighted by molar-refractivity contribution is 5.58. The van der Waals surface area contributed by atoms with Crippen molar-refractivity contribution < 1.29 is 4.74 Å². The molecule has 0 unspecified atom stereocenters. The van der Waals surface area contributed by atoms with Crippen LogP contribution in [0.3, 0.4) is 0 Å². The Morgan fingerprint density at radius 3 is 2.63 bits per heavy atom. The van der Waals surface area contributed by atoms with Crippen LogP contribution in [0.1, 0.15) is 19.8 Å².